The summed E-state index contributed by atoms with van der Waals surface area (Å²) >= 11 is 5.69. The van der Waals surface area contributed by atoms with Crippen molar-refractivity contribution in [2.24, 2.45) is 0 Å². The third-order valence-electron chi connectivity index (χ3n) is 1.27. The Morgan fingerprint density at radius 1 is 1.50 bits per heavy atom. The molecule has 1 aromatic rings. The largest absolute Gasteiger partial charge is 0.322 e. The van der Waals surface area contributed by atoms with E-state index in [0.717, 1.165) is 0 Å². The molecular weight excluding hydrogens is 181 g/mol. The predicted molar refractivity (Wildman–Crippen MR) is 46.1 cm³/mol. The summed E-state index contributed by atoms with van der Waals surface area (Å²) in [6.07, 6.45) is 0. The Hall–Kier alpha value is -1.09. The van der Waals surface area contributed by atoms with Gasteiger partial charge in [-0.3, -0.25) is 4.79 Å². The summed E-state index contributed by atoms with van der Waals surface area (Å²) in [5, 5.41) is 2.72. The van der Waals surface area contributed by atoms with Crippen molar-refractivity contribution >= 4 is 23.2 Å². The minimum atomic E-state index is -1.04. The van der Waals surface area contributed by atoms with Crippen molar-refractivity contribution in [3.63, 3.8) is 0 Å². The molecule has 0 fully saturated rings. The number of alkyl halides is 1. The summed E-state index contributed by atoms with van der Waals surface area (Å²) < 4.78 is 11.7. The molecule has 4 heteroatoms. The first-order valence-electron chi connectivity index (χ1n) is 3.34. The molecule has 0 aliphatic heterocycles. The highest BCUT2D eigenvalue weighted by Crippen LogP contribution is 2.19. The normalized spacial score (nSPS) is 9.50. The number of benzene rings is 1. The maximum atomic E-state index is 11.7. The molecule has 0 spiro atoms. The van der Waals surface area contributed by atoms with Gasteiger partial charge < -0.3 is 5.32 Å². The number of nitrogens with one attached hydrogen (secondary N) is 1. The van der Waals surface area contributed by atoms with Crippen LogP contribution in [-0.2, 0) is 4.79 Å². The minimum Gasteiger partial charge on any atom is -0.322 e. The average molecular weight is 188 g/mol. The fourth-order valence-corrected chi connectivity index (χ4v) is 0.929. The first-order valence-corrected chi connectivity index (χ1v) is 3.72. The SMILES string of the molecule is O=C(CF)Nc1ccccc1Cl. The lowest BCUT2D eigenvalue weighted by Crippen LogP contribution is -2.13. The summed E-state index contributed by atoms with van der Waals surface area (Å²) in [4.78, 5) is 10.6. The van der Waals surface area contributed by atoms with Crippen LogP contribution in [0, 0.1) is 0 Å². The van der Waals surface area contributed by atoms with Crippen LogP contribution in [0.3, 0.4) is 0 Å². The fourth-order valence-electron chi connectivity index (χ4n) is 0.746. The van der Waals surface area contributed by atoms with Crippen molar-refractivity contribution in [2.75, 3.05) is 12.0 Å². The number of carbonyl (C=O) groups excluding carboxylic acids is 1. The molecule has 0 radical (unpaired) electrons. The van der Waals surface area contributed by atoms with E-state index in [-0.39, 0.29) is 0 Å². The van der Waals surface area contributed by atoms with Crippen molar-refractivity contribution in [1.29, 1.82) is 0 Å². The van der Waals surface area contributed by atoms with Crippen LogP contribution in [-0.4, -0.2) is 12.6 Å². The first kappa shape index (κ1) is 9.00. The van der Waals surface area contributed by atoms with Gasteiger partial charge >= 0.3 is 0 Å². The molecule has 1 amide bonds. The highest BCUT2D eigenvalue weighted by molar-refractivity contribution is 6.33. The zero-order chi connectivity index (χ0) is 8.97. The van der Waals surface area contributed by atoms with E-state index in [1.54, 1.807) is 24.3 Å². The van der Waals surface area contributed by atoms with Crippen molar-refractivity contribution in [3.8, 4) is 0 Å². The van der Waals surface area contributed by atoms with Gasteiger partial charge in [0.1, 0.15) is 0 Å². The molecule has 2 nitrogen and oxygen atoms in total. The van der Waals surface area contributed by atoms with Crippen molar-refractivity contribution in [1.82, 2.24) is 0 Å². The Bertz CT molecular complexity index is 290. The number of anilines is 1. The topological polar surface area (TPSA) is 29.1 Å². The second-order valence-electron chi connectivity index (χ2n) is 2.16. The van der Waals surface area contributed by atoms with E-state index in [9.17, 15) is 9.18 Å². The molecule has 0 heterocycles. The summed E-state index contributed by atoms with van der Waals surface area (Å²) in [5.74, 6) is -0.692. The molecule has 64 valence electrons. The number of para-hydroxylation sites is 1. The Labute approximate surface area is 74.3 Å². The van der Waals surface area contributed by atoms with Gasteiger partial charge in [0.25, 0.3) is 5.91 Å². The van der Waals surface area contributed by atoms with Crippen LogP contribution < -0.4 is 5.32 Å². The molecule has 0 aliphatic carbocycles. The Morgan fingerprint density at radius 3 is 2.75 bits per heavy atom. The van der Waals surface area contributed by atoms with Gasteiger partial charge in [-0.05, 0) is 12.1 Å². The summed E-state index contributed by atoms with van der Waals surface area (Å²) in [5.41, 5.74) is 0.432. The van der Waals surface area contributed by atoms with Gasteiger partial charge in [0.05, 0.1) is 10.7 Å². The molecular formula is C8H7ClFNO. The zero-order valence-corrected chi connectivity index (χ0v) is 6.94. The van der Waals surface area contributed by atoms with E-state index in [1.807, 2.05) is 0 Å². The fraction of sp³-hybridized carbons (Fsp3) is 0.125. The second-order valence-corrected chi connectivity index (χ2v) is 2.57. The van der Waals surface area contributed by atoms with Gasteiger partial charge in [-0.15, -0.1) is 0 Å². The number of hydrogen-bond acceptors (Lipinski definition) is 1. The van der Waals surface area contributed by atoms with Gasteiger partial charge in [-0.25, -0.2) is 4.39 Å². The molecule has 0 saturated carbocycles. The molecule has 1 N–H and O–H groups in total. The maximum Gasteiger partial charge on any atom is 0.255 e. The standard InChI is InChI=1S/C8H7ClFNO/c9-6-3-1-2-4-7(6)11-8(12)5-10/h1-4H,5H2,(H,11,12). The third kappa shape index (κ3) is 2.20. The number of hydrogen-bond donors (Lipinski definition) is 1. The number of amides is 1. The Kier molecular flexibility index (Phi) is 3.05. The van der Waals surface area contributed by atoms with Crippen LogP contribution in [0.5, 0.6) is 0 Å². The van der Waals surface area contributed by atoms with Crippen LogP contribution in [0.15, 0.2) is 24.3 Å². The lowest BCUT2D eigenvalue weighted by Gasteiger charge is -2.03. The summed E-state index contributed by atoms with van der Waals surface area (Å²) in [7, 11) is 0. The van der Waals surface area contributed by atoms with Crippen molar-refractivity contribution in [2.45, 2.75) is 0 Å². The first-order chi connectivity index (χ1) is 5.74. The number of rotatable bonds is 2. The molecule has 0 bridgehead atoms. The van der Waals surface area contributed by atoms with Crippen LogP contribution >= 0.6 is 11.6 Å². The molecule has 1 aromatic carbocycles. The molecule has 0 unspecified atom stereocenters. The van der Waals surface area contributed by atoms with E-state index in [1.165, 1.54) is 0 Å². The van der Waals surface area contributed by atoms with Gasteiger partial charge in [0.2, 0.25) is 0 Å². The van der Waals surface area contributed by atoms with Gasteiger partial charge in [0.15, 0.2) is 6.67 Å². The highest BCUT2D eigenvalue weighted by atomic mass is 35.5. The summed E-state index contributed by atoms with van der Waals surface area (Å²) in [6, 6.07) is 6.67. The smallest absolute Gasteiger partial charge is 0.255 e. The lowest BCUT2D eigenvalue weighted by molar-refractivity contribution is -0.117. The van der Waals surface area contributed by atoms with Crippen molar-refractivity contribution < 1.29 is 9.18 Å². The van der Waals surface area contributed by atoms with E-state index >= 15 is 0 Å². The van der Waals surface area contributed by atoms with Crippen LogP contribution in [0.25, 0.3) is 0 Å². The second kappa shape index (κ2) is 4.07. The Morgan fingerprint density at radius 2 is 2.17 bits per heavy atom. The molecule has 0 saturated heterocycles. The highest BCUT2D eigenvalue weighted by Gasteiger charge is 2.02. The van der Waals surface area contributed by atoms with Gasteiger partial charge in [-0.2, -0.15) is 0 Å². The Balaban J connectivity index is 2.75. The maximum absolute atomic E-state index is 11.7. The van der Waals surface area contributed by atoms with E-state index < -0.39 is 12.6 Å². The predicted octanol–water partition coefficient (Wildman–Crippen LogP) is 2.25. The number of carbonyl (C=O) groups is 1. The third-order valence-corrected chi connectivity index (χ3v) is 1.60. The summed E-state index contributed by atoms with van der Waals surface area (Å²) in [6.45, 7) is -1.04. The molecule has 0 aromatic heterocycles. The minimum absolute atomic E-state index is 0.402. The van der Waals surface area contributed by atoms with E-state index in [4.69, 9.17) is 11.6 Å². The van der Waals surface area contributed by atoms with Crippen LogP contribution in [0.2, 0.25) is 5.02 Å². The molecule has 0 atom stereocenters. The van der Waals surface area contributed by atoms with Crippen LogP contribution in [0.1, 0.15) is 0 Å². The average Bonchev–Trinajstić information content (AvgIpc) is 2.09. The zero-order valence-electron chi connectivity index (χ0n) is 6.18. The monoisotopic (exact) mass is 187 g/mol. The van der Waals surface area contributed by atoms with Crippen molar-refractivity contribution in [3.05, 3.63) is 29.3 Å². The lowest BCUT2D eigenvalue weighted by atomic mass is 10.3. The van der Waals surface area contributed by atoms with E-state index in [2.05, 4.69) is 5.32 Å². The van der Waals surface area contributed by atoms with E-state index in [0.29, 0.717) is 10.7 Å². The quantitative estimate of drug-likeness (QED) is 0.756. The molecule has 0 aliphatic rings. The molecule has 12 heavy (non-hydrogen) atoms. The number of halogens is 2. The van der Waals surface area contributed by atoms with Crippen LogP contribution in [0.4, 0.5) is 10.1 Å². The molecule has 1 rings (SSSR count). The van der Waals surface area contributed by atoms with Gasteiger partial charge in [0, 0.05) is 0 Å². The van der Waals surface area contributed by atoms with Gasteiger partial charge in [-0.1, -0.05) is 23.7 Å².